The third kappa shape index (κ3) is 1.74. The van der Waals surface area contributed by atoms with Crippen molar-refractivity contribution < 1.29 is 24.2 Å². The SMILES string of the molecule is C[C@@]12OC(=O)[C@]1(C(=O)C1=CC(O)CCC1)NC(=O)/C2=C/CCl. The number of aliphatic hydroxyl groups excluding tert-OH is 1. The molecule has 7 heteroatoms. The lowest BCUT2D eigenvalue weighted by Gasteiger charge is -2.48. The molecule has 3 aliphatic rings. The van der Waals surface area contributed by atoms with Crippen molar-refractivity contribution in [3.8, 4) is 0 Å². The molecule has 0 saturated carbocycles. The van der Waals surface area contributed by atoms with Crippen molar-refractivity contribution in [2.45, 2.75) is 43.4 Å². The maximum atomic E-state index is 12.9. The molecule has 2 saturated heterocycles. The largest absolute Gasteiger partial charge is 0.448 e. The van der Waals surface area contributed by atoms with E-state index in [2.05, 4.69) is 5.32 Å². The van der Waals surface area contributed by atoms with Crippen molar-refractivity contribution in [3.63, 3.8) is 0 Å². The average molecular weight is 326 g/mol. The third-order valence-electron chi connectivity index (χ3n) is 4.63. The fourth-order valence-electron chi connectivity index (χ4n) is 3.43. The van der Waals surface area contributed by atoms with Crippen LogP contribution in [0.4, 0.5) is 0 Å². The highest BCUT2D eigenvalue weighted by Gasteiger charge is 2.78. The highest BCUT2D eigenvalue weighted by molar-refractivity contribution is 6.28. The number of esters is 1. The molecule has 0 bridgehead atoms. The summed E-state index contributed by atoms with van der Waals surface area (Å²) < 4.78 is 5.17. The van der Waals surface area contributed by atoms with Gasteiger partial charge in [0.05, 0.1) is 11.7 Å². The van der Waals surface area contributed by atoms with E-state index in [4.69, 9.17) is 16.3 Å². The van der Waals surface area contributed by atoms with E-state index in [1.54, 1.807) is 0 Å². The number of hydrogen-bond donors (Lipinski definition) is 2. The number of allylic oxidation sites excluding steroid dienone is 1. The Morgan fingerprint density at radius 3 is 2.91 bits per heavy atom. The van der Waals surface area contributed by atoms with E-state index in [0.29, 0.717) is 24.8 Å². The Hall–Kier alpha value is -1.66. The number of hydrogen-bond acceptors (Lipinski definition) is 5. The molecule has 22 heavy (non-hydrogen) atoms. The summed E-state index contributed by atoms with van der Waals surface area (Å²) in [5.41, 5.74) is -2.54. The fourth-order valence-corrected chi connectivity index (χ4v) is 3.58. The Bertz CT molecular complexity index is 640. The van der Waals surface area contributed by atoms with E-state index in [9.17, 15) is 19.5 Å². The lowest BCUT2D eigenvalue weighted by Crippen LogP contribution is -2.77. The van der Waals surface area contributed by atoms with Crippen LogP contribution in [0.25, 0.3) is 0 Å². The van der Waals surface area contributed by atoms with Gasteiger partial charge in [0.1, 0.15) is 0 Å². The van der Waals surface area contributed by atoms with Gasteiger partial charge in [-0.1, -0.05) is 6.08 Å². The molecule has 2 fully saturated rings. The van der Waals surface area contributed by atoms with Crippen molar-refractivity contribution >= 4 is 29.3 Å². The van der Waals surface area contributed by atoms with Gasteiger partial charge in [-0.15, -0.1) is 11.6 Å². The standard InChI is InChI=1S/C15H16ClNO5/c1-14-10(5-6-16)12(20)17-15(14,13(21)22-14)11(19)8-3-2-4-9(18)7-8/h5,7,9,18H,2-4,6H2,1H3,(H,17,20)/b10-5-/t9?,14-,15-/m0/s1. The van der Waals surface area contributed by atoms with Crippen LogP contribution in [-0.2, 0) is 19.1 Å². The number of carbonyl (C=O) groups excluding carboxylic acids is 3. The van der Waals surface area contributed by atoms with Gasteiger partial charge >= 0.3 is 5.97 Å². The van der Waals surface area contributed by atoms with Gasteiger partial charge in [0.15, 0.2) is 11.4 Å². The molecule has 3 atom stereocenters. The number of ether oxygens (including phenoxy) is 1. The molecule has 0 aromatic carbocycles. The molecule has 0 aromatic rings. The smallest absolute Gasteiger partial charge is 0.345 e. The van der Waals surface area contributed by atoms with E-state index in [1.165, 1.54) is 19.1 Å². The van der Waals surface area contributed by atoms with Crippen molar-refractivity contribution in [1.29, 1.82) is 0 Å². The number of carbonyl (C=O) groups is 3. The first-order valence-corrected chi connectivity index (χ1v) is 7.66. The van der Waals surface area contributed by atoms with E-state index >= 15 is 0 Å². The second-order valence-electron chi connectivity index (χ2n) is 5.88. The van der Waals surface area contributed by atoms with Gasteiger partial charge in [-0.05, 0) is 37.8 Å². The van der Waals surface area contributed by atoms with Gasteiger partial charge in [0.2, 0.25) is 5.54 Å². The lowest BCUT2D eigenvalue weighted by atomic mass is 9.69. The topological polar surface area (TPSA) is 92.7 Å². The molecule has 1 amide bonds. The van der Waals surface area contributed by atoms with Crippen LogP contribution >= 0.6 is 11.6 Å². The Morgan fingerprint density at radius 2 is 2.32 bits per heavy atom. The summed E-state index contributed by atoms with van der Waals surface area (Å²) in [4.78, 5) is 37.1. The number of rotatable bonds is 3. The van der Waals surface area contributed by atoms with Crippen LogP contribution < -0.4 is 5.32 Å². The summed E-state index contributed by atoms with van der Waals surface area (Å²) in [5, 5.41) is 12.2. The molecule has 3 rings (SSSR count). The van der Waals surface area contributed by atoms with Crippen molar-refractivity contribution in [2.24, 2.45) is 0 Å². The Labute approximate surface area is 132 Å². The Morgan fingerprint density at radius 1 is 1.59 bits per heavy atom. The zero-order chi connectivity index (χ0) is 16.1. The minimum atomic E-state index is -1.73. The van der Waals surface area contributed by atoms with E-state index < -0.39 is 34.9 Å². The maximum Gasteiger partial charge on any atom is 0.345 e. The summed E-state index contributed by atoms with van der Waals surface area (Å²) in [6, 6.07) is 0. The fraction of sp³-hybridized carbons (Fsp3) is 0.533. The zero-order valence-corrected chi connectivity index (χ0v) is 12.8. The summed E-state index contributed by atoms with van der Waals surface area (Å²) in [5.74, 6) is -1.73. The summed E-state index contributed by atoms with van der Waals surface area (Å²) in [6.07, 6.45) is 3.89. The molecule has 2 N–H and O–H groups in total. The highest BCUT2D eigenvalue weighted by Crippen LogP contribution is 2.50. The van der Waals surface area contributed by atoms with Crippen LogP contribution in [0, 0.1) is 0 Å². The molecule has 118 valence electrons. The van der Waals surface area contributed by atoms with E-state index in [0.717, 1.165) is 0 Å². The Kier molecular flexibility index (Phi) is 3.41. The number of ketones is 1. The number of fused-ring (bicyclic) bond motifs is 1. The second-order valence-corrected chi connectivity index (χ2v) is 6.19. The molecule has 0 aromatic heterocycles. The summed E-state index contributed by atoms with van der Waals surface area (Å²) in [6.45, 7) is 1.53. The van der Waals surface area contributed by atoms with Crippen molar-refractivity contribution in [3.05, 3.63) is 23.3 Å². The maximum absolute atomic E-state index is 12.9. The molecule has 2 heterocycles. The number of amides is 1. The van der Waals surface area contributed by atoms with Gasteiger partial charge in [-0.2, -0.15) is 0 Å². The van der Waals surface area contributed by atoms with Gasteiger partial charge < -0.3 is 15.2 Å². The molecule has 0 radical (unpaired) electrons. The van der Waals surface area contributed by atoms with Crippen molar-refractivity contribution in [2.75, 3.05) is 5.88 Å². The van der Waals surface area contributed by atoms with Crippen LogP contribution in [-0.4, -0.2) is 45.9 Å². The monoisotopic (exact) mass is 325 g/mol. The Balaban J connectivity index is 2.04. The summed E-state index contributed by atoms with van der Waals surface area (Å²) >= 11 is 5.65. The number of halogens is 1. The van der Waals surface area contributed by atoms with Crippen LogP contribution in [0.5, 0.6) is 0 Å². The summed E-state index contributed by atoms with van der Waals surface area (Å²) in [7, 11) is 0. The predicted molar refractivity (Wildman–Crippen MR) is 77.1 cm³/mol. The van der Waals surface area contributed by atoms with Crippen LogP contribution in [0.15, 0.2) is 23.3 Å². The minimum absolute atomic E-state index is 0.0710. The number of alkyl halides is 1. The van der Waals surface area contributed by atoms with E-state index in [1.807, 2.05) is 0 Å². The quantitative estimate of drug-likeness (QED) is 0.338. The molecular weight excluding hydrogens is 310 g/mol. The second kappa shape index (κ2) is 4.93. The van der Waals surface area contributed by atoms with Crippen LogP contribution in [0.3, 0.4) is 0 Å². The van der Waals surface area contributed by atoms with Gasteiger partial charge in [-0.3, -0.25) is 9.59 Å². The number of aliphatic hydroxyl groups is 1. The van der Waals surface area contributed by atoms with Gasteiger partial charge in [0, 0.05) is 5.88 Å². The van der Waals surface area contributed by atoms with Crippen LogP contribution in [0.2, 0.25) is 0 Å². The lowest BCUT2D eigenvalue weighted by molar-refractivity contribution is -0.203. The predicted octanol–water partition coefficient (Wildman–Crippen LogP) is 0.376. The minimum Gasteiger partial charge on any atom is -0.448 e. The normalized spacial score (nSPS) is 38.8. The molecule has 1 unspecified atom stereocenters. The first-order chi connectivity index (χ1) is 10.4. The molecule has 0 spiro atoms. The van der Waals surface area contributed by atoms with Gasteiger partial charge in [-0.25, -0.2) is 4.79 Å². The first kappa shape index (κ1) is 15.2. The first-order valence-electron chi connectivity index (χ1n) is 7.13. The van der Waals surface area contributed by atoms with Gasteiger partial charge in [0.25, 0.3) is 5.91 Å². The third-order valence-corrected chi connectivity index (χ3v) is 4.79. The average Bonchev–Trinajstić information content (AvgIpc) is 2.65. The number of Topliss-reactive ketones (excluding diaryl/α,β-unsaturated/α-hetero) is 1. The molecule has 6 nitrogen and oxygen atoms in total. The van der Waals surface area contributed by atoms with Crippen molar-refractivity contribution in [1.82, 2.24) is 5.32 Å². The molecule has 1 aliphatic carbocycles. The number of nitrogens with one attached hydrogen (secondary N) is 1. The highest BCUT2D eigenvalue weighted by atomic mass is 35.5. The molecular formula is C15H16ClNO5. The zero-order valence-electron chi connectivity index (χ0n) is 12.0. The molecule has 2 aliphatic heterocycles. The van der Waals surface area contributed by atoms with Crippen LogP contribution in [0.1, 0.15) is 26.2 Å². The van der Waals surface area contributed by atoms with E-state index in [-0.39, 0.29) is 11.5 Å².